The van der Waals surface area contributed by atoms with Crippen LogP contribution in [-0.2, 0) is 22.7 Å². The van der Waals surface area contributed by atoms with Crippen molar-refractivity contribution >= 4 is 17.1 Å². The van der Waals surface area contributed by atoms with E-state index in [-0.39, 0.29) is 5.92 Å². The highest BCUT2D eigenvalue weighted by Gasteiger charge is 2.52. The fraction of sp³-hybridized carbons (Fsp3) is 0.0495. The standard InChI is InChI=1S/C101H69NO2/c1-7-29-69(30-8-1)71-33-27-35-73(63-71)84(74-54-57-89-85(65-74)82-45-19-21-47-87(82)99(89,75-36-11-3-12-37-75)76-38-13-4-14-39-76)61-68-53-59-97-93(62-68)101(91-49-23-25-51-95(91)103-96-52-26-24-50-92(96)101)94-67-81(56-60-98(94)104-97)102(79-44-28-34-72(64-79)70-31-9-2-10-32-70)80-55-58-90-86(66-80)83-46-20-22-48-88(83)100(90,77-40-15-5-16-41-77)78-42-17-6-18-43-78/h1-60,62-67,84H,61H2. The SMILES string of the molecule is c1ccc(-c2cccc(C(Cc3ccc4c(c3)C3(c5ccccc5Oc5ccccc53)c3cc(N(c5cccc(-c6ccccc6)c5)c5ccc6c(c5)-c5ccccc5C6(c5ccccc5)c5ccccc5)ccc3O4)c3ccc4c(c3)-c3ccccc3C4(c3ccccc3)c3ccccc3)c2)cc1. The third kappa shape index (κ3) is 9.36. The Labute approximate surface area is 607 Å². The summed E-state index contributed by atoms with van der Waals surface area (Å²) in [5.41, 5.74) is 28.5. The van der Waals surface area contributed by atoms with Crippen LogP contribution in [0.25, 0.3) is 44.5 Å². The fourth-order valence-electron chi connectivity index (χ4n) is 18.4. The summed E-state index contributed by atoms with van der Waals surface area (Å²) in [6.07, 6.45) is 0.695. The van der Waals surface area contributed by atoms with Gasteiger partial charge in [-0.25, -0.2) is 0 Å². The van der Waals surface area contributed by atoms with Gasteiger partial charge in [-0.2, -0.15) is 0 Å². The van der Waals surface area contributed by atoms with Crippen LogP contribution in [-0.4, -0.2) is 0 Å². The van der Waals surface area contributed by atoms with Crippen molar-refractivity contribution in [1.82, 2.24) is 0 Å². The molecule has 0 saturated heterocycles. The highest BCUT2D eigenvalue weighted by molar-refractivity contribution is 5.92. The Bertz CT molecular complexity index is 5850. The van der Waals surface area contributed by atoms with Crippen molar-refractivity contribution in [2.24, 2.45) is 0 Å². The summed E-state index contributed by atoms with van der Waals surface area (Å²) in [6, 6.07) is 148. The molecule has 0 bridgehead atoms. The first-order chi connectivity index (χ1) is 51.5. The van der Waals surface area contributed by atoms with Crippen molar-refractivity contribution in [3.8, 4) is 67.5 Å². The number of benzene rings is 16. The van der Waals surface area contributed by atoms with Gasteiger partial charge in [-0.3, -0.25) is 0 Å². The summed E-state index contributed by atoms with van der Waals surface area (Å²) in [7, 11) is 0. The van der Waals surface area contributed by atoms with Crippen LogP contribution in [0.5, 0.6) is 23.0 Å². The quantitative estimate of drug-likeness (QED) is 0.115. The fourth-order valence-corrected chi connectivity index (χ4v) is 18.4. The number of fused-ring (bicyclic) bond motifs is 14. The highest BCUT2D eigenvalue weighted by Crippen LogP contribution is 2.64. The lowest BCUT2D eigenvalue weighted by molar-refractivity contribution is 0.399. The van der Waals surface area contributed by atoms with Gasteiger partial charge in [0.15, 0.2) is 0 Å². The average Bonchev–Trinajstić information content (AvgIpc) is 0.932. The molecule has 2 aliphatic heterocycles. The zero-order valence-electron chi connectivity index (χ0n) is 57.2. The lowest BCUT2D eigenvalue weighted by atomic mass is 9.62. The van der Waals surface area contributed by atoms with E-state index >= 15 is 0 Å². The highest BCUT2D eigenvalue weighted by atomic mass is 16.5. The topological polar surface area (TPSA) is 21.7 Å². The number of para-hydroxylation sites is 2. The average molecular weight is 1330 g/mol. The van der Waals surface area contributed by atoms with Gasteiger partial charge in [0.2, 0.25) is 0 Å². The van der Waals surface area contributed by atoms with Crippen LogP contribution in [0, 0.1) is 0 Å². The Kier molecular flexibility index (Phi) is 14.4. The maximum absolute atomic E-state index is 7.48. The van der Waals surface area contributed by atoms with E-state index in [9.17, 15) is 0 Å². The smallest absolute Gasteiger partial charge is 0.132 e. The normalized spacial score (nSPS) is 14.2. The summed E-state index contributed by atoms with van der Waals surface area (Å²) in [5, 5.41) is 0. The summed E-state index contributed by atoms with van der Waals surface area (Å²) >= 11 is 0. The molecule has 0 amide bonds. The molecule has 20 rings (SSSR count). The molecule has 16 aromatic carbocycles. The summed E-state index contributed by atoms with van der Waals surface area (Å²) < 4.78 is 14.6. The van der Waals surface area contributed by atoms with Gasteiger partial charge in [0.25, 0.3) is 0 Å². The summed E-state index contributed by atoms with van der Waals surface area (Å²) in [6.45, 7) is 0. The molecule has 0 radical (unpaired) electrons. The van der Waals surface area contributed by atoms with Crippen LogP contribution in [0.1, 0.15) is 89.4 Å². The minimum absolute atomic E-state index is 0.0729. The molecule has 2 aliphatic carbocycles. The van der Waals surface area contributed by atoms with Crippen LogP contribution in [0.4, 0.5) is 17.1 Å². The minimum Gasteiger partial charge on any atom is -0.457 e. The van der Waals surface area contributed by atoms with Crippen molar-refractivity contribution in [2.45, 2.75) is 28.6 Å². The summed E-state index contributed by atoms with van der Waals surface area (Å²) in [4.78, 5) is 2.46. The summed E-state index contributed by atoms with van der Waals surface area (Å²) in [5.74, 6) is 3.13. The molecule has 0 aromatic heterocycles. The number of nitrogens with zero attached hydrogens (tertiary/aromatic N) is 1. The van der Waals surface area contributed by atoms with Crippen molar-refractivity contribution in [2.75, 3.05) is 4.90 Å². The monoisotopic (exact) mass is 1330 g/mol. The molecule has 2 heterocycles. The molecule has 3 heteroatoms. The van der Waals surface area contributed by atoms with Crippen molar-refractivity contribution in [1.29, 1.82) is 0 Å². The van der Waals surface area contributed by atoms with Gasteiger partial charge >= 0.3 is 0 Å². The van der Waals surface area contributed by atoms with Crippen LogP contribution < -0.4 is 14.4 Å². The minimum atomic E-state index is -0.933. The van der Waals surface area contributed by atoms with Gasteiger partial charge in [0, 0.05) is 45.2 Å². The van der Waals surface area contributed by atoms with Crippen LogP contribution in [0.2, 0.25) is 0 Å². The number of hydrogen-bond donors (Lipinski definition) is 0. The largest absolute Gasteiger partial charge is 0.457 e. The second kappa shape index (κ2) is 24.6. The van der Waals surface area contributed by atoms with Crippen LogP contribution >= 0.6 is 0 Å². The Morgan fingerprint density at radius 2 is 0.596 bits per heavy atom. The van der Waals surface area contributed by atoms with Crippen molar-refractivity contribution in [3.05, 3.63) is 484 Å². The molecule has 1 atom stereocenters. The van der Waals surface area contributed by atoms with Crippen molar-refractivity contribution in [3.63, 3.8) is 0 Å². The predicted molar refractivity (Wildman–Crippen MR) is 423 cm³/mol. The maximum Gasteiger partial charge on any atom is 0.132 e. The second-order valence-electron chi connectivity index (χ2n) is 28.0. The van der Waals surface area contributed by atoms with E-state index in [4.69, 9.17) is 9.47 Å². The van der Waals surface area contributed by atoms with Gasteiger partial charge in [0.05, 0.1) is 16.2 Å². The first-order valence-corrected chi connectivity index (χ1v) is 36.2. The molecular formula is C101H69NO2. The van der Waals surface area contributed by atoms with Crippen LogP contribution in [0.15, 0.2) is 400 Å². The van der Waals surface area contributed by atoms with Crippen molar-refractivity contribution < 1.29 is 9.47 Å². The molecule has 1 unspecified atom stereocenters. The number of hydrogen-bond acceptors (Lipinski definition) is 3. The molecule has 0 N–H and O–H groups in total. The van der Waals surface area contributed by atoms with Gasteiger partial charge in [-0.1, -0.05) is 340 Å². The Balaban J connectivity index is 0.787. The molecule has 0 fully saturated rings. The molecule has 1 spiro atoms. The number of anilines is 3. The van der Waals surface area contributed by atoms with Gasteiger partial charge < -0.3 is 14.4 Å². The molecular weight excluding hydrogens is 1260 g/mol. The van der Waals surface area contributed by atoms with E-state index in [0.717, 1.165) is 73.4 Å². The van der Waals surface area contributed by atoms with Gasteiger partial charge in [-0.15, -0.1) is 0 Å². The Morgan fingerprint density at radius 3 is 1.14 bits per heavy atom. The number of rotatable bonds is 13. The lowest BCUT2D eigenvalue weighted by Gasteiger charge is -2.45. The van der Waals surface area contributed by atoms with Crippen LogP contribution in [0.3, 0.4) is 0 Å². The third-order valence-electron chi connectivity index (χ3n) is 22.7. The Morgan fingerprint density at radius 1 is 0.221 bits per heavy atom. The first kappa shape index (κ1) is 60.8. The van der Waals surface area contributed by atoms with Gasteiger partial charge in [-0.05, 0) is 173 Å². The first-order valence-electron chi connectivity index (χ1n) is 36.2. The zero-order chi connectivity index (χ0) is 68.8. The van der Waals surface area contributed by atoms with E-state index in [1.54, 1.807) is 0 Å². The number of ether oxygens (including phenoxy) is 2. The molecule has 0 saturated carbocycles. The van der Waals surface area contributed by atoms with E-state index in [1.807, 2.05) is 0 Å². The van der Waals surface area contributed by atoms with E-state index in [0.29, 0.717) is 6.42 Å². The zero-order valence-corrected chi connectivity index (χ0v) is 57.2. The molecule has 3 nitrogen and oxygen atoms in total. The second-order valence-corrected chi connectivity index (χ2v) is 28.0. The molecule has 4 aliphatic rings. The third-order valence-corrected chi connectivity index (χ3v) is 22.7. The predicted octanol–water partition coefficient (Wildman–Crippen LogP) is 25.2. The molecule has 104 heavy (non-hydrogen) atoms. The molecule has 490 valence electrons. The Hall–Kier alpha value is -13.1. The molecule has 16 aromatic rings. The van der Waals surface area contributed by atoms with E-state index < -0.39 is 16.2 Å². The maximum atomic E-state index is 7.48. The lowest BCUT2D eigenvalue weighted by Crippen LogP contribution is -2.37. The van der Waals surface area contributed by atoms with E-state index in [1.165, 1.54) is 94.6 Å². The van der Waals surface area contributed by atoms with Gasteiger partial charge in [0.1, 0.15) is 23.0 Å². The van der Waals surface area contributed by atoms with E-state index in [2.05, 4.69) is 405 Å².